The van der Waals surface area contributed by atoms with Gasteiger partial charge in [-0.05, 0) is 30.7 Å². The molecule has 1 aliphatic heterocycles. The molecule has 0 atom stereocenters. The highest BCUT2D eigenvalue weighted by atomic mass is 35.5. The Morgan fingerprint density at radius 1 is 1.13 bits per heavy atom. The van der Waals surface area contributed by atoms with E-state index >= 15 is 0 Å². The molecular formula is C21H19ClN6O2. The number of halogens is 1. The summed E-state index contributed by atoms with van der Waals surface area (Å²) in [5.41, 5.74) is 3.24. The SMILES string of the molecule is Cc1ccc(Cl)cc1-n1ncc2c(N3CCN(C(=O)c4ccoc4)CC3)ncnc21. The van der Waals surface area contributed by atoms with Crippen molar-refractivity contribution in [1.29, 1.82) is 0 Å². The van der Waals surface area contributed by atoms with Gasteiger partial charge in [-0.2, -0.15) is 5.10 Å². The highest BCUT2D eigenvalue weighted by molar-refractivity contribution is 6.30. The molecule has 0 spiro atoms. The van der Waals surface area contributed by atoms with Crippen molar-refractivity contribution in [3.8, 4) is 5.69 Å². The van der Waals surface area contributed by atoms with Crippen LogP contribution in [0.25, 0.3) is 16.7 Å². The van der Waals surface area contributed by atoms with E-state index in [1.54, 1.807) is 23.3 Å². The molecular weight excluding hydrogens is 404 g/mol. The monoisotopic (exact) mass is 422 g/mol. The summed E-state index contributed by atoms with van der Waals surface area (Å²) in [5, 5.41) is 6.07. The number of fused-ring (bicyclic) bond motifs is 1. The first-order valence-corrected chi connectivity index (χ1v) is 10.0. The normalized spacial score (nSPS) is 14.5. The number of nitrogens with zero attached hydrogens (tertiary/aromatic N) is 6. The van der Waals surface area contributed by atoms with Gasteiger partial charge >= 0.3 is 0 Å². The first-order chi connectivity index (χ1) is 14.6. The van der Waals surface area contributed by atoms with Crippen molar-refractivity contribution >= 4 is 34.4 Å². The minimum Gasteiger partial charge on any atom is -0.472 e. The van der Waals surface area contributed by atoms with Gasteiger partial charge < -0.3 is 14.2 Å². The Kier molecular flexibility index (Phi) is 4.63. The maximum atomic E-state index is 12.5. The van der Waals surface area contributed by atoms with Crippen LogP contribution in [0.15, 0.2) is 53.7 Å². The van der Waals surface area contributed by atoms with E-state index in [-0.39, 0.29) is 5.91 Å². The molecule has 0 bridgehead atoms. The van der Waals surface area contributed by atoms with Crippen LogP contribution >= 0.6 is 11.6 Å². The van der Waals surface area contributed by atoms with Gasteiger partial charge in [0.15, 0.2) is 5.65 Å². The second-order valence-corrected chi connectivity index (χ2v) is 7.65. The number of carbonyl (C=O) groups excluding carboxylic acids is 1. The van der Waals surface area contributed by atoms with Crippen molar-refractivity contribution in [2.75, 3.05) is 31.1 Å². The molecule has 1 saturated heterocycles. The van der Waals surface area contributed by atoms with E-state index in [1.807, 2.05) is 30.0 Å². The van der Waals surface area contributed by atoms with Gasteiger partial charge in [0.2, 0.25) is 0 Å². The summed E-state index contributed by atoms with van der Waals surface area (Å²) in [6.07, 6.45) is 6.34. The number of rotatable bonds is 3. The zero-order chi connectivity index (χ0) is 20.7. The Morgan fingerprint density at radius 2 is 1.97 bits per heavy atom. The lowest BCUT2D eigenvalue weighted by Gasteiger charge is -2.35. The molecule has 8 nitrogen and oxygen atoms in total. The first-order valence-electron chi connectivity index (χ1n) is 9.63. The van der Waals surface area contributed by atoms with E-state index in [2.05, 4.69) is 20.0 Å². The van der Waals surface area contributed by atoms with Crippen LogP contribution in [0.4, 0.5) is 5.82 Å². The number of hydrogen-bond donors (Lipinski definition) is 0. The highest BCUT2D eigenvalue weighted by Gasteiger charge is 2.25. The lowest BCUT2D eigenvalue weighted by molar-refractivity contribution is 0.0746. The molecule has 1 aliphatic rings. The van der Waals surface area contributed by atoms with E-state index in [0.717, 1.165) is 28.1 Å². The van der Waals surface area contributed by atoms with Crippen LogP contribution in [-0.2, 0) is 0 Å². The molecule has 1 fully saturated rings. The highest BCUT2D eigenvalue weighted by Crippen LogP contribution is 2.27. The van der Waals surface area contributed by atoms with Crippen molar-refractivity contribution in [3.63, 3.8) is 0 Å². The van der Waals surface area contributed by atoms with Gasteiger partial charge in [-0.1, -0.05) is 17.7 Å². The zero-order valence-electron chi connectivity index (χ0n) is 16.3. The summed E-state index contributed by atoms with van der Waals surface area (Å²) in [7, 11) is 0. The molecule has 152 valence electrons. The smallest absolute Gasteiger partial charge is 0.257 e. The maximum Gasteiger partial charge on any atom is 0.257 e. The predicted molar refractivity (Wildman–Crippen MR) is 113 cm³/mol. The van der Waals surface area contributed by atoms with E-state index in [4.69, 9.17) is 16.0 Å². The zero-order valence-corrected chi connectivity index (χ0v) is 17.1. The summed E-state index contributed by atoms with van der Waals surface area (Å²) in [4.78, 5) is 25.5. The van der Waals surface area contributed by atoms with Crippen LogP contribution in [0.2, 0.25) is 5.02 Å². The fourth-order valence-electron chi connectivity index (χ4n) is 3.76. The molecule has 0 aliphatic carbocycles. The van der Waals surface area contributed by atoms with Crippen LogP contribution < -0.4 is 4.90 Å². The first kappa shape index (κ1) is 18.6. The van der Waals surface area contributed by atoms with E-state index < -0.39 is 0 Å². The average molecular weight is 423 g/mol. The van der Waals surface area contributed by atoms with Gasteiger partial charge in [-0.3, -0.25) is 4.79 Å². The quantitative estimate of drug-likeness (QED) is 0.503. The van der Waals surface area contributed by atoms with Crippen LogP contribution in [0, 0.1) is 6.92 Å². The van der Waals surface area contributed by atoms with Crippen LogP contribution in [0.3, 0.4) is 0 Å². The molecule has 0 saturated carbocycles. The number of hydrogen-bond acceptors (Lipinski definition) is 6. The Bertz CT molecular complexity index is 1210. The number of furan rings is 1. The third-order valence-corrected chi connectivity index (χ3v) is 5.61. The van der Waals surface area contributed by atoms with Crippen LogP contribution in [0.5, 0.6) is 0 Å². The largest absolute Gasteiger partial charge is 0.472 e. The average Bonchev–Trinajstić information content (AvgIpc) is 3.45. The van der Waals surface area contributed by atoms with Crippen LogP contribution in [-0.4, -0.2) is 56.7 Å². The Balaban J connectivity index is 1.42. The van der Waals surface area contributed by atoms with Gasteiger partial charge in [-0.15, -0.1) is 0 Å². The van der Waals surface area contributed by atoms with Crippen molar-refractivity contribution in [2.24, 2.45) is 0 Å². The van der Waals surface area contributed by atoms with Gasteiger partial charge in [-0.25, -0.2) is 14.6 Å². The molecule has 4 heterocycles. The molecule has 5 rings (SSSR count). The second kappa shape index (κ2) is 7.46. The molecule has 9 heteroatoms. The topological polar surface area (TPSA) is 80.3 Å². The predicted octanol–water partition coefficient (Wildman–Crippen LogP) is 3.33. The number of amides is 1. The minimum atomic E-state index is -0.0134. The number of benzene rings is 1. The number of carbonyl (C=O) groups is 1. The van der Waals surface area contributed by atoms with Crippen LogP contribution in [0.1, 0.15) is 15.9 Å². The lowest BCUT2D eigenvalue weighted by atomic mass is 10.2. The number of aryl methyl sites for hydroxylation is 1. The standard InChI is InChI=1S/C21H19ClN6O2/c1-14-2-3-16(22)10-18(14)28-20-17(11-25-28)19(23-13-24-20)26-5-7-27(8-6-26)21(29)15-4-9-30-12-15/h2-4,9-13H,5-8H2,1H3. The Hall–Kier alpha value is -3.39. The molecule has 1 aromatic carbocycles. The molecule has 1 amide bonds. The van der Waals surface area contributed by atoms with Gasteiger partial charge in [0.05, 0.1) is 29.1 Å². The summed E-state index contributed by atoms with van der Waals surface area (Å²) < 4.78 is 6.82. The molecule has 30 heavy (non-hydrogen) atoms. The Labute approximate surface area is 177 Å². The van der Waals surface area contributed by atoms with Crippen molar-refractivity contribution in [1.82, 2.24) is 24.6 Å². The van der Waals surface area contributed by atoms with Crippen molar-refractivity contribution in [2.45, 2.75) is 6.92 Å². The van der Waals surface area contributed by atoms with Crippen molar-refractivity contribution in [3.05, 3.63) is 65.5 Å². The molecule has 0 N–H and O–H groups in total. The second-order valence-electron chi connectivity index (χ2n) is 7.21. The summed E-state index contributed by atoms with van der Waals surface area (Å²) in [6.45, 7) is 4.58. The van der Waals surface area contributed by atoms with E-state index in [0.29, 0.717) is 36.8 Å². The van der Waals surface area contributed by atoms with E-state index in [1.165, 1.54) is 12.5 Å². The molecule has 4 aromatic rings. The van der Waals surface area contributed by atoms with Gasteiger partial charge in [0.1, 0.15) is 18.4 Å². The minimum absolute atomic E-state index is 0.0134. The summed E-state index contributed by atoms with van der Waals surface area (Å²) in [6, 6.07) is 7.39. The fourth-order valence-corrected chi connectivity index (χ4v) is 3.93. The molecule has 0 radical (unpaired) electrons. The molecule has 0 unspecified atom stereocenters. The summed E-state index contributed by atoms with van der Waals surface area (Å²) in [5.74, 6) is 0.807. The Morgan fingerprint density at radius 3 is 2.73 bits per heavy atom. The summed E-state index contributed by atoms with van der Waals surface area (Å²) >= 11 is 6.19. The third-order valence-electron chi connectivity index (χ3n) is 5.38. The maximum absolute atomic E-state index is 12.5. The fraction of sp³-hybridized carbons (Fsp3) is 0.238. The lowest BCUT2D eigenvalue weighted by Crippen LogP contribution is -2.49. The van der Waals surface area contributed by atoms with Crippen molar-refractivity contribution < 1.29 is 9.21 Å². The number of aromatic nitrogens is 4. The van der Waals surface area contributed by atoms with E-state index in [9.17, 15) is 4.79 Å². The third kappa shape index (κ3) is 3.19. The van der Waals surface area contributed by atoms with Gasteiger partial charge in [0, 0.05) is 31.2 Å². The molecule has 3 aromatic heterocycles. The number of anilines is 1. The number of piperazine rings is 1. The van der Waals surface area contributed by atoms with Gasteiger partial charge in [0.25, 0.3) is 5.91 Å².